The summed E-state index contributed by atoms with van der Waals surface area (Å²) in [6, 6.07) is 3.61. The van der Waals surface area contributed by atoms with Gasteiger partial charge in [-0.2, -0.15) is 13.2 Å². The third-order valence-corrected chi connectivity index (χ3v) is 5.32. The largest absolute Gasteiger partial charge is 0.471 e. The molecule has 3 rings (SSSR count). The van der Waals surface area contributed by atoms with Gasteiger partial charge >= 0.3 is 12.1 Å². The highest BCUT2D eigenvalue weighted by atomic mass is 19.4. The number of hydrogen-bond donors (Lipinski definition) is 1. The molecular formula is C20H22F3N3O5. The van der Waals surface area contributed by atoms with E-state index in [0.717, 1.165) is 4.90 Å². The van der Waals surface area contributed by atoms with Gasteiger partial charge < -0.3 is 15.0 Å². The molecule has 1 fully saturated rings. The lowest BCUT2D eigenvalue weighted by atomic mass is 10.0. The van der Waals surface area contributed by atoms with Crippen molar-refractivity contribution in [1.29, 1.82) is 0 Å². The summed E-state index contributed by atoms with van der Waals surface area (Å²) in [7, 11) is 1.52. The molecule has 1 aromatic rings. The summed E-state index contributed by atoms with van der Waals surface area (Å²) >= 11 is 0. The molecule has 0 aliphatic carbocycles. The van der Waals surface area contributed by atoms with Gasteiger partial charge in [0.25, 0.3) is 17.7 Å². The lowest BCUT2D eigenvalue weighted by molar-refractivity contribution is -0.174. The minimum Gasteiger partial charge on any atom is -0.385 e. The van der Waals surface area contributed by atoms with Crippen LogP contribution >= 0.6 is 0 Å². The van der Waals surface area contributed by atoms with Gasteiger partial charge in [0.05, 0.1) is 11.1 Å². The summed E-state index contributed by atoms with van der Waals surface area (Å²) in [5.41, 5.74) is 0.601. The molecule has 0 unspecified atom stereocenters. The lowest BCUT2D eigenvalue weighted by Crippen LogP contribution is -2.49. The number of ether oxygens (including phenoxy) is 1. The van der Waals surface area contributed by atoms with E-state index >= 15 is 0 Å². The van der Waals surface area contributed by atoms with Crippen LogP contribution in [0.5, 0.6) is 0 Å². The van der Waals surface area contributed by atoms with Crippen molar-refractivity contribution >= 4 is 23.6 Å². The Morgan fingerprint density at radius 3 is 2.39 bits per heavy atom. The molecule has 0 bridgehead atoms. The second-order valence-electron chi connectivity index (χ2n) is 7.41. The van der Waals surface area contributed by atoms with E-state index < -0.39 is 29.9 Å². The first-order valence-corrected chi connectivity index (χ1v) is 9.79. The van der Waals surface area contributed by atoms with E-state index in [4.69, 9.17) is 4.74 Å². The number of fused-ring (bicyclic) bond motifs is 1. The molecule has 2 aliphatic heterocycles. The van der Waals surface area contributed by atoms with Gasteiger partial charge in [0, 0.05) is 45.0 Å². The first kappa shape index (κ1) is 22.7. The Hall–Kier alpha value is -2.95. The molecule has 168 valence electrons. The van der Waals surface area contributed by atoms with Crippen molar-refractivity contribution in [3.05, 3.63) is 34.9 Å². The molecule has 1 aromatic carbocycles. The quantitative estimate of drug-likeness (QED) is 0.535. The molecule has 2 heterocycles. The van der Waals surface area contributed by atoms with Gasteiger partial charge in [0.2, 0.25) is 0 Å². The Labute approximate surface area is 176 Å². The fraction of sp³-hybridized carbons (Fsp3) is 0.500. The van der Waals surface area contributed by atoms with Gasteiger partial charge in [-0.3, -0.25) is 24.1 Å². The normalized spacial score (nSPS) is 17.2. The summed E-state index contributed by atoms with van der Waals surface area (Å²) in [6.45, 7) is 0.931. The molecule has 0 atom stereocenters. The Morgan fingerprint density at radius 2 is 1.77 bits per heavy atom. The summed E-state index contributed by atoms with van der Waals surface area (Å²) in [4.78, 5) is 51.4. The van der Waals surface area contributed by atoms with Crippen molar-refractivity contribution in [3.8, 4) is 0 Å². The van der Waals surface area contributed by atoms with Crippen molar-refractivity contribution in [1.82, 2.24) is 15.1 Å². The number of amides is 4. The van der Waals surface area contributed by atoms with Gasteiger partial charge in [0.1, 0.15) is 0 Å². The molecule has 0 saturated carbocycles. The number of piperidine rings is 1. The second-order valence-corrected chi connectivity index (χ2v) is 7.41. The maximum Gasteiger partial charge on any atom is 0.471 e. The molecule has 0 spiro atoms. The average molecular weight is 441 g/mol. The third kappa shape index (κ3) is 4.87. The predicted molar refractivity (Wildman–Crippen MR) is 101 cm³/mol. The number of alkyl halides is 3. The highest BCUT2D eigenvalue weighted by Crippen LogP contribution is 2.25. The monoisotopic (exact) mass is 441 g/mol. The predicted octanol–water partition coefficient (Wildman–Crippen LogP) is 1.60. The van der Waals surface area contributed by atoms with E-state index in [-0.39, 0.29) is 55.1 Å². The van der Waals surface area contributed by atoms with E-state index in [1.807, 2.05) is 5.32 Å². The molecular weight excluding hydrogens is 419 g/mol. The van der Waals surface area contributed by atoms with Gasteiger partial charge in [-0.25, -0.2) is 0 Å². The van der Waals surface area contributed by atoms with E-state index in [2.05, 4.69) is 0 Å². The zero-order chi connectivity index (χ0) is 22.8. The number of nitrogens with one attached hydrogen (secondary N) is 1. The van der Waals surface area contributed by atoms with Gasteiger partial charge in [-0.15, -0.1) is 0 Å². The van der Waals surface area contributed by atoms with Crippen molar-refractivity contribution in [2.45, 2.75) is 31.5 Å². The van der Waals surface area contributed by atoms with Crippen LogP contribution in [0.15, 0.2) is 18.2 Å². The first-order chi connectivity index (χ1) is 14.6. The van der Waals surface area contributed by atoms with E-state index in [9.17, 15) is 32.3 Å². The second kappa shape index (κ2) is 9.04. The molecule has 31 heavy (non-hydrogen) atoms. The first-order valence-electron chi connectivity index (χ1n) is 9.79. The molecule has 1 N–H and O–H groups in total. The van der Waals surface area contributed by atoms with Crippen LogP contribution in [0.3, 0.4) is 0 Å². The highest BCUT2D eigenvalue weighted by Gasteiger charge is 2.40. The van der Waals surface area contributed by atoms with Crippen molar-refractivity contribution < 1.29 is 37.1 Å². The number of rotatable bonds is 6. The molecule has 4 amide bonds. The van der Waals surface area contributed by atoms with E-state index in [1.165, 1.54) is 30.2 Å². The van der Waals surface area contributed by atoms with Gasteiger partial charge in [-0.05, 0) is 37.5 Å². The van der Waals surface area contributed by atoms with Crippen LogP contribution in [0, 0.1) is 0 Å². The third-order valence-electron chi connectivity index (χ3n) is 5.32. The smallest absolute Gasteiger partial charge is 0.385 e. The number of carbonyl (C=O) groups is 4. The topological polar surface area (TPSA) is 96.0 Å². The van der Waals surface area contributed by atoms with E-state index in [1.54, 1.807) is 0 Å². The number of likely N-dealkylation sites (tertiary alicyclic amines) is 1. The number of methoxy groups -OCH3 is 1. The number of carbonyl (C=O) groups excluding carboxylic acids is 4. The van der Waals surface area contributed by atoms with Crippen LogP contribution in [0.4, 0.5) is 13.2 Å². The van der Waals surface area contributed by atoms with Crippen LogP contribution in [0.25, 0.3) is 0 Å². The molecule has 2 aliphatic rings. The molecule has 1 saturated heterocycles. The van der Waals surface area contributed by atoms with Crippen molar-refractivity contribution in [3.63, 3.8) is 0 Å². The van der Waals surface area contributed by atoms with Gasteiger partial charge in [0.15, 0.2) is 0 Å². The summed E-state index contributed by atoms with van der Waals surface area (Å²) in [6.07, 6.45) is -4.08. The summed E-state index contributed by atoms with van der Waals surface area (Å²) < 4.78 is 42.1. The number of benzene rings is 1. The van der Waals surface area contributed by atoms with Crippen molar-refractivity contribution in [2.75, 3.05) is 33.4 Å². The SMILES string of the molecule is COCCCN1C(=O)c2ccc(C(=O)N3CCC(NC(=O)C(F)(F)F)CC3)cc2C1=O. The van der Waals surface area contributed by atoms with Crippen LogP contribution in [0.1, 0.15) is 50.3 Å². The zero-order valence-electron chi connectivity index (χ0n) is 16.8. The zero-order valence-corrected chi connectivity index (χ0v) is 16.8. The molecule has 8 nitrogen and oxygen atoms in total. The number of nitrogens with zero attached hydrogens (tertiary/aromatic N) is 2. The van der Waals surface area contributed by atoms with Crippen molar-refractivity contribution in [2.24, 2.45) is 0 Å². The minimum absolute atomic E-state index is 0.153. The molecule has 11 heteroatoms. The van der Waals surface area contributed by atoms with Crippen LogP contribution < -0.4 is 5.32 Å². The fourth-order valence-electron chi connectivity index (χ4n) is 3.67. The summed E-state index contributed by atoms with van der Waals surface area (Å²) in [5, 5.41) is 1.93. The highest BCUT2D eigenvalue weighted by molar-refractivity contribution is 6.22. The lowest BCUT2D eigenvalue weighted by Gasteiger charge is -2.32. The standard InChI is InChI=1S/C20H22F3N3O5/c1-31-10-2-7-26-17(28)14-4-3-12(11-15(14)18(26)29)16(27)25-8-5-13(6-9-25)24-19(30)20(21,22)23/h3-4,11,13H,2,5-10H2,1H3,(H,24,30). The fourth-order valence-corrected chi connectivity index (χ4v) is 3.67. The van der Waals surface area contributed by atoms with Crippen LogP contribution in [-0.4, -0.2) is 79.0 Å². The number of hydrogen-bond acceptors (Lipinski definition) is 5. The summed E-state index contributed by atoms with van der Waals surface area (Å²) in [5.74, 6) is -3.27. The average Bonchev–Trinajstić information content (AvgIpc) is 2.97. The minimum atomic E-state index is -4.95. The Kier molecular flexibility index (Phi) is 6.63. The van der Waals surface area contributed by atoms with Crippen LogP contribution in [-0.2, 0) is 9.53 Å². The molecule has 0 radical (unpaired) electrons. The Morgan fingerprint density at radius 1 is 1.13 bits per heavy atom. The molecule has 0 aromatic heterocycles. The maximum atomic E-state index is 12.8. The van der Waals surface area contributed by atoms with Crippen LogP contribution in [0.2, 0.25) is 0 Å². The number of halogens is 3. The Balaban J connectivity index is 1.63. The number of imide groups is 1. The maximum absolute atomic E-state index is 12.8. The van der Waals surface area contributed by atoms with E-state index in [0.29, 0.717) is 13.0 Å². The Bertz CT molecular complexity index is 895. The van der Waals surface area contributed by atoms with Gasteiger partial charge in [-0.1, -0.05) is 0 Å².